The van der Waals surface area contributed by atoms with E-state index in [1.165, 1.54) is 25.7 Å². The summed E-state index contributed by atoms with van der Waals surface area (Å²) >= 11 is 0. The first-order valence-corrected chi connectivity index (χ1v) is 7.77. The van der Waals surface area contributed by atoms with E-state index in [2.05, 4.69) is 31.1 Å². The summed E-state index contributed by atoms with van der Waals surface area (Å²) in [6, 6.07) is 0.593. The minimum absolute atomic E-state index is 0.0765. The van der Waals surface area contributed by atoms with Crippen LogP contribution in [0, 0.1) is 18.8 Å². The molecule has 3 rings (SSSR count). The molecule has 1 aromatic rings. The van der Waals surface area contributed by atoms with E-state index in [4.69, 9.17) is 10.7 Å². The van der Waals surface area contributed by atoms with Gasteiger partial charge in [0.05, 0.1) is 0 Å². The fourth-order valence-electron chi connectivity index (χ4n) is 2.70. The van der Waals surface area contributed by atoms with Crippen molar-refractivity contribution in [3.05, 3.63) is 11.4 Å². The fraction of sp³-hybridized carbons (Fsp3) is 0.750. The van der Waals surface area contributed by atoms with Crippen LogP contribution in [0.4, 0.5) is 11.6 Å². The van der Waals surface area contributed by atoms with E-state index in [0.717, 1.165) is 29.0 Å². The first-order valence-electron chi connectivity index (χ1n) is 7.77. The van der Waals surface area contributed by atoms with Crippen molar-refractivity contribution >= 4 is 11.6 Å². The first kappa shape index (κ1) is 13.7. The van der Waals surface area contributed by atoms with Crippen molar-refractivity contribution in [2.24, 2.45) is 11.8 Å². The number of anilines is 2. The topological polar surface area (TPSA) is 63.8 Å². The zero-order chi connectivity index (χ0) is 14.5. The molecule has 0 aliphatic heterocycles. The van der Waals surface area contributed by atoms with Gasteiger partial charge in [-0.3, -0.25) is 0 Å². The molecule has 1 heterocycles. The summed E-state index contributed by atoms with van der Waals surface area (Å²) in [7, 11) is 0. The van der Waals surface area contributed by atoms with Crippen LogP contribution >= 0.6 is 0 Å². The van der Waals surface area contributed by atoms with Crippen LogP contribution in [-0.2, 0) is 5.41 Å². The van der Waals surface area contributed by atoms with Crippen molar-refractivity contribution in [2.45, 2.75) is 64.8 Å². The molecule has 3 N–H and O–H groups in total. The lowest BCUT2D eigenvalue weighted by molar-refractivity contribution is 0.539. The summed E-state index contributed by atoms with van der Waals surface area (Å²) in [6.45, 7) is 8.39. The molecule has 0 aromatic carbocycles. The van der Waals surface area contributed by atoms with Crippen LogP contribution in [0.2, 0.25) is 0 Å². The van der Waals surface area contributed by atoms with E-state index >= 15 is 0 Å². The average molecular weight is 274 g/mol. The number of rotatable bonds is 4. The second-order valence-corrected chi connectivity index (χ2v) is 7.50. The second-order valence-electron chi connectivity index (χ2n) is 7.50. The van der Waals surface area contributed by atoms with Crippen LogP contribution < -0.4 is 11.1 Å². The summed E-state index contributed by atoms with van der Waals surface area (Å²) in [5, 5.41) is 3.69. The Morgan fingerprint density at radius 2 is 1.65 bits per heavy atom. The van der Waals surface area contributed by atoms with Crippen molar-refractivity contribution in [3.63, 3.8) is 0 Å². The predicted molar refractivity (Wildman–Crippen MR) is 82.7 cm³/mol. The van der Waals surface area contributed by atoms with Gasteiger partial charge in [-0.05, 0) is 44.4 Å². The molecule has 0 unspecified atom stereocenters. The highest BCUT2D eigenvalue weighted by molar-refractivity contribution is 5.56. The Balaban J connectivity index is 1.89. The van der Waals surface area contributed by atoms with Gasteiger partial charge in [-0.1, -0.05) is 20.8 Å². The highest BCUT2D eigenvalue weighted by atomic mass is 15.1. The molecule has 4 heteroatoms. The number of hydrogen-bond acceptors (Lipinski definition) is 4. The zero-order valence-electron chi connectivity index (χ0n) is 13.0. The lowest BCUT2D eigenvalue weighted by Crippen LogP contribution is -2.27. The van der Waals surface area contributed by atoms with Gasteiger partial charge in [0, 0.05) is 17.0 Å². The smallest absolute Gasteiger partial charge is 0.138 e. The van der Waals surface area contributed by atoms with Gasteiger partial charge >= 0.3 is 0 Å². The predicted octanol–water partition coefficient (Wildman–Crippen LogP) is 3.27. The minimum Gasteiger partial charge on any atom is -0.383 e. The maximum absolute atomic E-state index is 6.09. The number of aromatic nitrogens is 2. The third kappa shape index (κ3) is 2.74. The number of nitrogen functional groups attached to an aromatic ring is 1. The van der Waals surface area contributed by atoms with Gasteiger partial charge < -0.3 is 11.1 Å². The van der Waals surface area contributed by atoms with Gasteiger partial charge in [0.1, 0.15) is 17.5 Å². The van der Waals surface area contributed by atoms with Gasteiger partial charge in [0.25, 0.3) is 0 Å². The van der Waals surface area contributed by atoms with Crippen LogP contribution in [0.25, 0.3) is 0 Å². The lowest BCUT2D eigenvalue weighted by atomic mass is 9.95. The highest BCUT2D eigenvalue weighted by Gasteiger charge is 2.42. The summed E-state index contributed by atoms with van der Waals surface area (Å²) in [5.74, 6) is 4.07. The Bertz CT molecular complexity index is 498. The quantitative estimate of drug-likeness (QED) is 0.884. The summed E-state index contributed by atoms with van der Waals surface area (Å²) in [4.78, 5) is 9.22. The van der Waals surface area contributed by atoms with Crippen molar-refractivity contribution < 1.29 is 0 Å². The van der Waals surface area contributed by atoms with Gasteiger partial charge in [-0.25, -0.2) is 9.97 Å². The average Bonchev–Trinajstić information content (AvgIpc) is 3.23. The number of nitrogens with zero attached hydrogens (tertiary/aromatic N) is 2. The maximum Gasteiger partial charge on any atom is 0.138 e. The normalized spacial score (nSPS) is 19.4. The second kappa shape index (κ2) is 4.61. The van der Waals surface area contributed by atoms with E-state index in [-0.39, 0.29) is 5.41 Å². The van der Waals surface area contributed by atoms with Gasteiger partial charge in [0.2, 0.25) is 0 Å². The van der Waals surface area contributed by atoms with Crippen molar-refractivity contribution in [3.8, 4) is 0 Å². The summed E-state index contributed by atoms with van der Waals surface area (Å²) < 4.78 is 0. The molecule has 0 radical (unpaired) electrons. The van der Waals surface area contributed by atoms with E-state index in [9.17, 15) is 0 Å². The molecule has 2 fully saturated rings. The number of hydrogen-bond donors (Lipinski definition) is 2. The third-order valence-electron chi connectivity index (χ3n) is 4.42. The van der Waals surface area contributed by atoms with Crippen molar-refractivity contribution in [1.29, 1.82) is 0 Å². The Labute approximate surface area is 121 Å². The molecule has 2 aliphatic rings. The molecule has 2 saturated carbocycles. The van der Waals surface area contributed by atoms with Crippen LogP contribution in [0.15, 0.2) is 0 Å². The minimum atomic E-state index is -0.0765. The Kier molecular flexibility index (Phi) is 3.14. The van der Waals surface area contributed by atoms with E-state index in [1.54, 1.807) is 0 Å². The van der Waals surface area contributed by atoms with E-state index in [0.29, 0.717) is 11.9 Å². The van der Waals surface area contributed by atoms with Gasteiger partial charge in [-0.2, -0.15) is 0 Å². The summed E-state index contributed by atoms with van der Waals surface area (Å²) in [6.07, 6.45) is 5.44. The zero-order valence-corrected chi connectivity index (χ0v) is 13.0. The SMILES string of the molecule is Cc1c(N)nc(C(C)(C)C)nc1NC(C1CC1)C1CC1. The van der Waals surface area contributed by atoms with Crippen LogP contribution in [-0.4, -0.2) is 16.0 Å². The largest absolute Gasteiger partial charge is 0.383 e. The molecule has 110 valence electrons. The monoisotopic (exact) mass is 274 g/mol. The molecule has 0 atom stereocenters. The third-order valence-corrected chi connectivity index (χ3v) is 4.42. The fourth-order valence-corrected chi connectivity index (χ4v) is 2.70. The van der Waals surface area contributed by atoms with Crippen LogP contribution in [0.3, 0.4) is 0 Å². The molecular weight excluding hydrogens is 248 g/mol. The number of nitrogens with one attached hydrogen (secondary N) is 1. The Hall–Kier alpha value is -1.32. The molecule has 0 amide bonds. The molecule has 2 aliphatic carbocycles. The molecule has 0 bridgehead atoms. The molecule has 0 saturated heterocycles. The van der Waals surface area contributed by atoms with Gasteiger partial charge in [-0.15, -0.1) is 0 Å². The standard InChI is InChI=1S/C16H26N4/c1-9-13(17)19-15(16(2,3)4)20-14(9)18-12(10-5-6-10)11-7-8-11/h10-12H,5-8H2,1-4H3,(H3,17,18,19,20). The van der Waals surface area contributed by atoms with Crippen LogP contribution in [0.1, 0.15) is 57.8 Å². The van der Waals surface area contributed by atoms with Gasteiger partial charge in [0.15, 0.2) is 0 Å². The maximum atomic E-state index is 6.09. The first-order chi connectivity index (χ1) is 9.36. The summed E-state index contributed by atoms with van der Waals surface area (Å²) in [5.41, 5.74) is 7.00. The van der Waals surface area contributed by atoms with E-state index < -0.39 is 0 Å². The highest BCUT2D eigenvalue weighted by Crippen LogP contribution is 2.46. The van der Waals surface area contributed by atoms with E-state index in [1.807, 2.05) is 6.92 Å². The van der Waals surface area contributed by atoms with Crippen LogP contribution in [0.5, 0.6) is 0 Å². The number of nitrogens with two attached hydrogens (primary N) is 1. The van der Waals surface area contributed by atoms with Crippen molar-refractivity contribution in [1.82, 2.24) is 9.97 Å². The lowest BCUT2D eigenvalue weighted by Gasteiger charge is -2.23. The Morgan fingerprint density at radius 1 is 1.10 bits per heavy atom. The molecule has 4 nitrogen and oxygen atoms in total. The molecule has 20 heavy (non-hydrogen) atoms. The molecule has 1 aromatic heterocycles. The Morgan fingerprint density at radius 3 is 2.10 bits per heavy atom. The van der Waals surface area contributed by atoms with Crippen molar-refractivity contribution in [2.75, 3.05) is 11.1 Å². The molecular formula is C16H26N4. The molecule has 0 spiro atoms.